The Morgan fingerprint density at radius 1 is 1.54 bits per heavy atom. The van der Waals surface area contributed by atoms with E-state index in [2.05, 4.69) is 4.90 Å². The van der Waals surface area contributed by atoms with Crippen molar-refractivity contribution >= 4 is 0 Å². The van der Waals surface area contributed by atoms with E-state index in [0.717, 1.165) is 19.6 Å². The van der Waals surface area contributed by atoms with Crippen molar-refractivity contribution in [2.45, 2.75) is 24.8 Å². The van der Waals surface area contributed by atoms with Gasteiger partial charge in [0.15, 0.2) is 0 Å². The third-order valence-electron chi connectivity index (χ3n) is 3.63. The summed E-state index contributed by atoms with van der Waals surface area (Å²) in [6, 6.07) is 0. The maximum absolute atomic E-state index is 6.37. The molecule has 0 aliphatic carbocycles. The minimum atomic E-state index is -0.0360. The highest BCUT2D eigenvalue weighted by Crippen LogP contribution is 2.33. The Morgan fingerprint density at radius 3 is 3.15 bits per heavy atom. The first kappa shape index (κ1) is 9.44. The number of nitrogens with two attached hydrogens (primary N) is 1. The fourth-order valence-corrected chi connectivity index (χ4v) is 2.76. The van der Waals surface area contributed by atoms with Crippen molar-refractivity contribution in [2.75, 3.05) is 33.4 Å². The molecule has 0 aromatic heterocycles. The predicted molar refractivity (Wildman–Crippen MR) is 52.6 cm³/mol. The van der Waals surface area contributed by atoms with Crippen LogP contribution in [0.15, 0.2) is 0 Å². The number of hydrogen-bond acceptors (Lipinski definition) is 3. The highest BCUT2D eigenvalue weighted by atomic mass is 16.5. The van der Waals surface area contributed by atoms with Gasteiger partial charge < -0.3 is 15.4 Å². The molecule has 2 saturated heterocycles. The van der Waals surface area contributed by atoms with E-state index in [1.54, 1.807) is 7.11 Å². The summed E-state index contributed by atoms with van der Waals surface area (Å²) >= 11 is 0. The number of methoxy groups -OCH3 is 1. The molecule has 76 valence electrons. The number of piperidine rings is 2. The third kappa shape index (κ3) is 1.73. The number of ether oxygens (including phenoxy) is 1. The van der Waals surface area contributed by atoms with Gasteiger partial charge in [-0.2, -0.15) is 0 Å². The van der Waals surface area contributed by atoms with Gasteiger partial charge in [0.05, 0.1) is 6.61 Å². The smallest absolute Gasteiger partial charge is 0.0646 e. The van der Waals surface area contributed by atoms with Gasteiger partial charge in [-0.1, -0.05) is 0 Å². The molecule has 0 amide bonds. The molecule has 3 nitrogen and oxygen atoms in total. The predicted octanol–water partition coefficient (Wildman–Crippen LogP) is 0.446. The molecule has 0 aromatic rings. The van der Waals surface area contributed by atoms with E-state index in [9.17, 15) is 0 Å². The first-order chi connectivity index (χ1) is 6.24. The minimum absolute atomic E-state index is 0.0360. The van der Waals surface area contributed by atoms with Crippen LogP contribution in [-0.2, 0) is 4.74 Å². The summed E-state index contributed by atoms with van der Waals surface area (Å²) in [5.74, 6) is 0.662. The summed E-state index contributed by atoms with van der Waals surface area (Å²) in [5.41, 5.74) is 6.33. The molecular weight excluding hydrogens is 164 g/mol. The van der Waals surface area contributed by atoms with Crippen LogP contribution in [0.5, 0.6) is 0 Å². The van der Waals surface area contributed by atoms with Crippen LogP contribution in [-0.4, -0.2) is 43.8 Å². The van der Waals surface area contributed by atoms with Crippen molar-refractivity contribution in [3.63, 3.8) is 0 Å². The molecule has 0 radical (unpaired) electrons. The van der Waals surface area contributed by atoms with E-state index >= 15 is 0 Å². The summed E-state index contributed by atoms with van der Waals surface area (Å²) in [6.45, 7) is 4.36. The molecule has 2 aliphatic heterocycles. The van der Waals surface area contributed by atoms with Gasteiger partial charge in [-0.15, -0.1) is 0 Å². The maximum atomic E-state index is 6.37. The zero-order chi connectivity index (χ0) is 9.31. The monoisotopic (exact) mass is 184 g/mol. The summed E-state index contributed by atoms with van der Waals surface area (Å²) in [4.78, 5) is 2.54. The Labute approximate surface area is 80.2 Å². The normalized spacial score (nSPS) is 44.8. The van der Waals surface area contributed by atoms with E-state index in [-0.39, 0.29) is 5.54 Å². The second kappa shape index (κ2) is 3.56. The largest absolute Gasteiger partial charge is 0.383 e. The average molecular weight is 184 g/mol. The van der Waals surface area contributed by atoms with Gasteiger partial charge in [0.1, 0.15) is 0 Å². The lowest BCUT2D eigenvalue weighted by Gasteiger charge is -2.48. The first-order valence-corrected chi connectivity index (χ1v) is 5.25. The molecule has 2 heterocycles. The van der Waals surface area contributed by atoms with Crippen molar-refractivity contribution in [3.05, 3.63) is 0 Å². The van der Waals surface area contributed by atoms with Gasteiger partial charge in [-0.05, 0) is 38.3 Å². The molecule has 2 rings (SSSR count). The molecule has 0 spiro atoms. The minimum Gasteiger partial charge on any atom is -0.383 e. The molecule has 2 aliphatic rings. The van der Waals surface area contributed by atoms with Gasteiger partial charge >= 0.3 is 0 Å². The Balaban J connectivity index is 2.03. The van der Waals surface area contributed by atoms with Crippen LogP contribution in [0.4, 0.5) is 0 Å². The molecule has 13 heavy (non-hydrogen) atoms. The van der Waals surface area contributed by atoms with Crippen LogP contribution < -0.4 is 5.73 Å². The van der Waals surface area contributed by atoms with E-state index < -0.39 is 0 Å². The van der Waals surface area contributed by atoms with E-state index in [1.165, 1.54) is 25.9 Å². The van der Waals surface area contributed by atoms with Gasteiger partial charge in [0, 0.05) is 19.2 Å². The van der Waals surface area contributed by atoms with Crippen LogP contribution in [0.25, 0.3) is 0 Å². The van der Waals surface area contributed by atoms with Crippen molar-refractivity contribution in [1.82, 2.24) is 4.90 Å². The fraction of sp³-hybridized carbons (Fsp3) is 1.00. The SMILES string of the molecule is COCC1(N)CCN2CCCC1C2. The van der Waals surface area contributed by atoms with Crippen molar-refractivity contribution in [2.24, 2.45) is 11.7 Å². The Morgan fingerprint density at radius 2 is 2.38 bits per heavy atom. The highest BCUT2D eigenvalue weighted by molar-refractivity contribution is 4.99. The zero-order valence-electron chi connectivity index (χ0n) is 8.46. The molecule has 3 atom stereocenters. The summed E-state index contributed by atoms with van der Waals surface area (Å²) in [7, 11) is 1.75. The number of rotatable bonds is 2. The molecular formula is C10H20N2O. The standard InChI is InChI=1S/C10H20N2O/c1-13-8-10(11)4-6-12-5-2-3-9(10)7-12/h9H,2-8,11H2,1H3. The molecule has 2 bridgehead atoms. The molecule has 2 fully saturated rings. The van der Waals surface area contributed by atoms with Crippen molar-refractivity contribution in [3.8, 4) is 0 Å². The second-order valence-electron chi connectivity index (χ2n) is 4.56. The summed E-state index contributed by atoms with van der Waals surface area (Å²) in [5, 5.41) is 0. The van der Waals surface area contributed by atoms with Crippen LogP contribution in [0.3, 0.4) is 0 Å². The second-order valence-corrected chi connectivity index (χ2v) is 4.56. The Hall–Kier alpha value is -0.120. The van der Waals surface area contributed by atoms with Crippen LogP contribution >= 0.6 is 0 Å². The van der Waals surface area contributed by atoms with Gasteiger partial charge in [-0.3, -0.25) is 0 Å². The van der Waals surface area contributed by atoms with E-state index in [1.807, 2.05) is 0 Å². The van der Waals surface area contributed by atoms with Gasteiger partial charge in [0.2, 0.25) is 0 Å². The lowest BCUT2D eigenvalue weighted by atomic mass is 9.74. The third-order valence-corrected chi connectivity index (χ3v) is 3.63. The molecule has 3 heteroatoms. The molecule has 0 aromatic carbocycles. The zero-order valence-corrected chi connectivity index (χ0v) is 8.46. The number of fused-ring (bicyclic) bond motifs is 2. The van der Waals surface area contributed by atoms with Gasteiger partial charge in [-0.25, -0.2) is 0 Å². The first-order valence-electron chi connectivity index (χ1n) is 5.25. The molecule has 2 N–H and O–H groups in total. The molecule has 3 unspecified atom stereocenters. The number of nitrogens with zero attached hydrogens (tertiary/aromatic N) is 1. The van der Waals surface area contributed by atoms with E-state index in [4.69, 9.17) is 10.5 Å². The van der Waals surface area contributed by atoms with Crippen LogP contribution in [0.1, 0.15) is 19.3 Å². The van der Waals surface area contributed by atoms with Gasteiger partial charge in [0.25, 0.3) is 0 Å². The average Bonchev–Trinajstić information content (AvgIpc) is 2.14. The lowest BCUT2D eigenvalue weighted by molar-refractivity contribution is 0.00660. The lowest BCUT2D eigenvalue weighted by Crippen LogP contribution is -2.61. The Bertz CT molecular complexity index is 186. The van der Waals surface area contributed by atoms with Crippen molar-refractivity contribution < 1.29 is 4.74 Å². The summed E-state index contributed by atoms with van der Waals surface area (Å²) in [6.07, 6.45) is 3.70. The fourth-order valence-electron chi connectivity index (χ4n) is 2.76. The Kier molecular flexibility index (Phi) is 2.58. The maximum Gasteiger partial charge on any atom is 0.0646 e. The summed E-state index contributed by atoms with van der Waals surface area (Å²) < 4.78 is 5.23. The highest BCUT2D eigenvalue weighted by Gasteiger charge is 2.41. The van der Waals surface area contributed by atoms with Crippen LogP contribution in [0.2, 0.25) is 0 Å². The van der Waals surface area contributed by atoms with E-state index in [0.29, 0.717) is 5.92 Å². The van der Waals surface area contributed by atoms with Crippen LogP contribution in [0, 0.1) is 5.92 Å². The van der Waals surface area contributed by atoms with Crippen molar-refractivity contribution in [1.29, 1.82) is 0 Å². The quantitative estimate of drug-likeness (QED) is 0.677. The number of hydrogen-bond donors (Lipinski definition) is 1. The topological polar surface area (TPSA) is 38.5 Å². The molecule has 0 saturated carbocycles.